The first-order valence-electron chi connectivity index (χ1n) is 9.17. The van der Waals surface area contributed by atoms with E-state index >= 15 is 0 Å². The largest absolute Gasteiger partial charge is 0.341 e. The topological polar surface area (TPSA) is 126 Å². The van der Waals surface area contributed by atoms with Gasteiger partial charge in [-0.1, -0.05) is 18.2 Å². The highest BCUT2D eigenvalue weighted by molar-refractivity contribution is 5.73. The lowest BCUT2D eigenvalue weighted by molar-refractivity contribution is 0.501. The molecular weight excluding hydrogens is 358 g/mol. The van der Waals surface area contributed by atoms with Gasteiger partial charge in [-0.2, -0.15) is 10.2 Å². The molecule has 9 heteroatoms. The zero-order valence-electron chi connectivity index (χ0n) is 15.6. The molecule has 3 heterocycles. The summed E-state index contributed by atoms with van der Waals surface area (Å²) in [7, 11) is 1.59. The minimum Gasteiger partial charge on any atom is -0.341 e. The highest BCUT2D eigenvalue weighted by atomic mass is 16.2. The van der Waals surface area contributed by atoms with E-state index in [4.69, 9.17) is 5.73 Å². The van der Waals surface area contributed by atoms with Crippen molar-refractivity contribution in [3.8, 4) is 6.07 Å². The van der Waals surface area contributed by atoms with Crippen LogP contribution in [0.4, 0.5) is 5.95 Å². The van der Waals surface area contributed by atoms with Gasteiger partial charge in [-0.25, -0.2) is 4.79 Å². The van der Waals surface area contributed by atoms with Crippen LogP contribution in [0.15, 0.2) is 33.9 Å². The summed E-state index contributed by atoms with van der Waals surface area (Å²) in [6, 6.07) is 9.08. The molecule has 1 aliphatic rings. The average Bonchev–Trinajstić information content (AvgIpc) is 3.16. The fourth-order valence-electron chi connectivity index (χ4n) is 3.67. The summed E-state index contributed by atoms with van der Waals surface area (Å²) in [5.74, 6) is 0.549. The highest BCUT2D eigenvalue weighted by Gasteiger charge is 2.22. The van der Waals surface area contributed by atoms with Crippen LogP contribution in [0, 0.1) is 11.3 Å². The SMILES string of the molecule is Cn1c(=O)n(Cc2ccccc2C#N)c(=O)c2[nH]c(N3CCC[C@@H](N)C3)nc21. The van der Waals surface area contributed by atoms with Crippen LogP contribution in [0.2, 0.25) is 0 Å². The van der Waals surface area contributed by atoms with Crippen LogP contribution in [0.3, 0.4) is 0 Å². The fraction of sp³-hybridized carbons (Fsp3) is 0.368. The number of nitrogens with zero attached hydrogens (tertiary/aromatic N) is 5. The van der Waals surface area contributed by atoms with Crippen molar-refractivity contribution in [3.63, 3.8) is 0 Å². The summed E-state index contributed by atoms with van der Waals surface area (Å²) in [6.45, 7) is 1.47. The van der Waals surface area contributed by atoms with E-state index in [0.29, 0.717) is 29.3 Å². The summed E-state index contributed by atoms with van der Waals surface area (Å²) in [4.78, 5) is 35.4. The number of nitriles is 1. The van der Waals surface area contributed by atoms with Gasteiger partial charge in [0.15, 0.2) is 11.2 Å². The van der Waals surface area contributed by atoms with Crippen molar-refractivity contribution in [2.24, 2.45) is 12.8 Å². The van der Waals surface area contributed by atoms with Gasteiger partial charge in [-0.15, -0.1) is 0 Å². The number of fused-ring (bicyclic) bond motifs is 1. The number of aryl methyl sites for hydroxylation is 1. The molecule has 0 saturated carbocycles. The first-order valence-corrected chi connectivity index (χ1v) is 9.17. The predicted molar refractivity (Wildman–Crippen MR) is 105 cm³/mol. The number of imidazole rings is 1. The normalized spacial score (nSPS) is 17.0. The van der Waals surface area contributed by atoms with Crippen LogP contribution in [-0.2, 0) is 13.6 Å². The number of benzene rings is 1. The lowest BCUT2D eigenvalue weighted by Crippen LogP contribution is -2.43. The standard InChI is InChI=1S/C19H21N7O2/c1-24-16-15(22-18(23-16)25-8-4-7-14(21)11-25)17(27)26(19(24)28)10-13-6-3-2-5-12(13)9-20/h2-3,5-6,14H,4,7-8,10-11,21H2,1H3,(H,22,23)/t14-/m1/s1. The molecule has 1 aliphatic heterocycles. The van der Waals surface area contributed by atoms with Crippen molar-refractivity contribution in [1.82, 2.24) is 19.1 Å². The molecule has 2 aromatic heterocycles. The molecule has 1 atom stereocenters. The zero-order valence-corrected chi connectivity index (χ0v) is 15.6. The van der Waals surface area contributed by atoms with Gasteiger partial charge < -0.3 is 15.6 Å². The minimum atomic E-state index is -0.473. The van der Waals surface area contributed by atoms with Crippen LogP contribution in [0.5, 0.6) is 0 Å². The first kappa shape index (κ1) is 18.0. The van der Waals surface area contributed by atoms with Crippen molar-refractivity contribution >= 4 is 17.1 Å². The third-order valence-corrected chi connectivity index (χ3v) is 5.19. The van der Waals surface area contributed by atoms with Crippen LogP contribution in [0.1, 0.15) is 24.0 Å². The van der Waals surface area contributed by atoms with Crippen LogP contribution >= 0.6 is 0 Å². The molecule has 1 fully saturated rings. The molecule has 0 unspecified atom stereocenters. The number of anilines is 1. The maximum Gasteiger partial charge on any atom is 0.332 e. The summed E-state index contributed by atoms with van der Waals surface area (Å²) in [5.41, 5.74) is 6.75. The number of H-pyrrole nitrogens is 1. The lowest BCUT2D eigenvalue weighted by atomic mass is 10.1. The third kappa shape index (κ3) is 2.97. The van der Waals surface area contributed by atoms with Gasteiger partial charge in [0.1, 0.15) is 0 Å². The second-order valence-electron chi connectivity index (χ2n) is 7.11. The van der Waals surface area contributed by atoms with Gasteiger partial charge >= 0.3 is 5.69 Å². The van der Waals surface area contributed by atoms with Crippen LogP contribution < -0.4 is 21.9 Å². The van der Waals surface area contributed by atoms with Crippen molar-refractivity contribution in [1.29, 1.82) is 5.26 Å². The molecular formula is C19H21N7O2. The van der Waals surface area contributed by atoms with E-state index in [0.717, 1.165) is 24.0 Å². The Morgan fingerprint density at radius 3 is 2.89 bits per heavy atom. The molecule has 0 radical (unpaired) electrons. The maximum atomic E-state index is 13.0. The molecule has 3 N–H and O–H groups in total. The second kappa shape index (κ2) is 6.98. The molecule has 144 valence electrons. The molecule has 3 aromatic rings. The molecule has 0 amide bonds. The Kier molecular flexibility index (Phi) is 4.49. The number of nitrogens with one attached hydrogen (secondary N) is 1. The van der Waals surface area contributed by atoms with Gasteiger partial charge in [0.05, 0.1) is 18.2 Å². The quantitative estimate of drug-likeness (QED) is 0.673. The van der Waals surface area contributed by atoms with E-state index in [1.54, 1.807) is 31.3 Å². The van der Waals surface area contributed by atoms with Crippen LogP contribution in [-0.4, -0.2) is 38.2 Å². The minimum absolute atomic E-state index is 0.0219. The van der Waals surface area contributed by atoms with Crippen molar-refractivity contribution in [3.05, 3.63) is 56.2 Å². The van der Waals surface area contributed by atoms with Crippen molar-refractivity contribution in [2.75, 3.05) is 18.0 Å². The van der Waals surface area contributed by atoms with E-state index in [-0.39, 0.29) is 18.1 Å². The number of nitrogens with two attached hydrogens (primary N) is 1. The van der Waals surface area contributed by atoms with Crippen molar-refractivity contribution < 1.29 is 0 Å². The molecule has 1 saturated heterocycles. The Morgan fingerprint density at radius 2 is 2.14 bits per heavy atom. The second-order valence-corrected chi connectivity index (χ2v) is 7.11. The lowest BCUT2D eigenvalue weighted by Gasteiger charge is -2.30. The predicted octanol–water partition coefficient (Wildman–Crippen LogP) is 0.271. The smallest absolute Gasteiger partial charge is 0.332 e. The van der Waals surface area contributed by atoms with Gasteiger partial charge in [0.25, 0.3) is 5.56 Å². The summed E-state index contributed by atoms with van der Waals surface area (Å²) >= 11 is 0. The first-order chi connectivity index (χ1) is 13.5. The number of hydrogen-bond acceptors (Lipinski definition) is 6. The third-order valence-electron chi connectivity index (χ3n) is 5.19. The van der Waals surface area contributed by atoms with E-state index in [9.17, 15) is 14.9 Å². The monoisotopic (exact) mass is 379 g/mol. The Hall–Kier alpha value is -3.38. The van der Waals surface area contributed by atoms with E-state index in [1.807, 2.05) is 4.90 Å². The van der Waals surface area contributed by atoms with Crippen LogP contribution in [0.25, 0.3) is 11.2 Å². The van der Waals surface area contributed by atoms with E-state index in [1.165, 1.54) is 4.57 Å². The van der Waals surface area contributed by atoms with Gasteiger partial charge in [-0.3, -0.25) is 13.9 Å². The summed E-state index contributed by atoms with van der Waals surface area (Å²) < 4.78 is 2.48. The molecule has 4 rings (SSSR count). The van der Waals surface area contributed by atoms with Crippen molar-refractivity contribution in [2.45, 2.75) is 25.4 Å². The van der Waals surface area contributed by atoms with E-state index < -0.39 is 11.2 Å². The van der Waals surface area contributed by atoms with Gasteiger partial charge in [0, 0.05) is 26.2 Å². The Morgan fingerprint density at radius 1 is 1.36 bits per heavy atom. The van der Waals surface area contributed by atoms with Gasteiger partial charge in [0.2, 0.25) is 5.95 Å². The van der Waals surface area contributed by atoms with E-state index in [2.05, 4.69) is 16.0 Å². The zero-order chi connectivity index (χ0) is 19.8. The number of rotatable bonds is 3. The number of piperidine rings is 1. The fourth-order valence-corrected chi connectivity index (χ4v) is 3.67. The summed E-state index contributed by atoms with van der Waals surface area (Å²) in [6.07, 6.45) is 1.91. The maximum absolute atomic E-state index is 13.0. The van der Waals surface area contributed by atoms with Gasteiger partial charge in [-0.05, 0) is 24.5 Å². The average molecular weight is 379 g/mol. The highest BCUT2D eigenvalue weighted by Crippen LogP contribution is 2.18. The Labute approximate surface area is 160 Å². The molecule has 0 bridgehead atoms. The number of hydrogen-bond donors (Lipinski definition) is 2. The number of aromatic amines is 1. The molecule has 1 aromatic carbocycles. The molecule has 9 nitrogen and oxygen atoms in total. The molecule has 0 aliphatic carbocycles. The molecule has 28 heavy (non-hydrogen) atoms. The Balaban J connectivity index is 1.82. The molecule has 0 spiro atoms. The Bertz CT molecular complexity index is 1200. The number of aromatic nitrogens is 4. The summed E-state index contributed by atoms with van der Waals surface area (Å²) in [5, 5.41) is 9.28.